The summed E-state index contributed by atoms with van der Waals surface area (Å²) in [4.78, 5) is 2.72. The van der Waals surface area contributed by atoms with E-state index in [4.69, 9.17) is 11.6 Å². The predicted molar refractivity (Wildman–Crippen MR) is 89.7 cm³/mol. The monoisotopic (exact) mass is 306 g/mol. The van der Waals surface area contributed by atoms with Crippen molar-refractivity contribution in [1.29, 1.82) is 0 Å². The molecule has 1 N–H and O–H groups in total. The van der Waals surface area contributed by atoms with Gasteiger partial charge in [0.15, 0.2) is 0 Å². The molecule has 3 heteroatoms. The van der Waals surface area contributed by atoms with Gasteiger partial charge in [0.1, 0.15) is 0 Å². The van der Waals surface area contributed by atoms with Crippen LogP contribution in [0.5, 0.6) is 0 Å². The molecule has 0 radical (unpaired) electrons. The van der Waals surface area contributed by atoms with E-state index in [9.17, 15) is 0 Å². The molecule has 2 atom stereocenters. The van der Waals surface area contributed by atoms with Gasteiger partial charge in [-0.1, -0.05) is 30.7 Å². The van der Waals surface area contributed by atoms with Crippen molar-refractivity contribution >= 4 is 11.6 Å². The van der Waals surface area contributed by atoms with E-state index in [1.54, 1.807) is 0 Å². The van der Waals surface area contributed by atoms with Crippen molar-refractivity contribution in [3.05, 3.63) is 34.9 Å². The van der Waals surface area contributed by atoms with E-state index >= 15 is 0 Å². The third-order valence-corrected chi connectivity index (χ3v) is 5.91. The molecular formula is C18H27ClN2. The number of halogens is 1. The Bertz CT molecular complexity index is 496. The number of hydrogen-bond donors (Lipinski definition) is 1. The minimum atomic E-state index is 0.237. The van der Waals surface area contributed by atoms with E-state index in [1.165, 1.54) is 24.8 Å². The summed E-state index contributed by atoms with van der Waals surface area (Å²) >= 11 is 6.02. The average Bonchev–Trinajstić information content (AvgIpc) is 3.31. The lowest BCUT2D eigenvalue weighted by Gasteiger charge is -2.53. The molecule has 0 spiro atoms. The molecule has 1 aromatic rings. The Labute approximate surface area is 133 Å². The van der Waals surface area contributed by atoms with Gasteiger partial charge in [-0.25, -0.2) is 0 Å². The van der Waals surface area contributed by atoms with Crippen LogP contribution in [-0.4, -0.2) is 29.1 Å². The van der Waals surface area contributed by atoms with E-state index in [2.05, 4.69) is 43.1 Å². The van der Waals surface area contributed by atoms with Gasteiger partial charge in [0.05, 0.1) is 0 Å². The molecule has 1 aliphatic heterocycles. The fraction of sp³-hybridized carbons (Fsp3) is 0.667. The van der Waals surface area contributed by atoms with Crippen LogP contribution in [0, 0.1) is 5.92 Å². The Balaban J connectivity index is 1.81. The van der Waals surface area contributed by atoms with Crippen LogP contribution in [0.1, 0.15) is 45.6 Å². The number of rotatable bonds is 4. The van der Waals surface area contributed by atoms with Gasteiger partial charge in [0.2, 0.25) is 0 Å². The largest absolute Gasteiger partial charge is 0.308 e. The molecule has 21 heavy (non-hydrogen) atoms. The highest BCUT2D eigenvalue weighted by molar-refractivity contribution is 6.30. The molecule has 0 bridgehead atoms. The average molecular weight is 307 g/mol. The van der Waals surface area contributed by atoms with E-state index in [1.807, 2.05) is 12.1 Å². The summed E-state index contributed by atoms with van der Waals surface area (Å²) in [5, 5.41) is 4.64. The van der Waals surface area contributed by atoms with Crippen LogP contribution in [-0.2, 0) is 6.54 Å². The molecule has 3 rings (SSSR count). The summed E-state index contributed by atoms with van der Waals surface area (Å²) in [7, 11) is 0. The zero-order valence-corrected chi connectivity index (χ0v) is 14.2. The summed E-state index contributed by atoms with van der Waals surface area (Å²) < 4.78 is 0. The standard InChI is InChI=1S/C18H27ClN2/c1-4-17(2)13-21(11-14-5-9-16(19)10-6-14)18(3,12-20-17)15-7-8-15/h5-6,9-10,15,20H,4,7-8,11-13H2,1-3H3. The lowest BCUT2D eigenvalue weighted by Crippen LogP contribution is -2.68. The highest BCUT2D eigenvalue weighted by Gasteiger charge is 2.50. The van der Waals surface area contributed by atoms with Crippen LogP contribution in [0.25, 0.3) is 0 Å². The molecule has 2 aliphatic rings. The molecule has 1 aliphatic carbocycles. The number of hydrogen-bond acceptors (Lipinski definition) is 2. The Hall–Kier alpha value is -0.570. The van der Waals surface area contributed by atoms with Crippen LogP contribution in [0.2, 0.25) is 5.02 Å². The molecule has 1 aromatic carbocycles. The van der Waals surface area contributed by atoms with Gasteiger partial charge in [-0.15, -0.1) is 0 Å². The Morgan fingerprint density at radius 3 is 2.48 bits per heavy atom. The smallest absolute Gasteiger partial charge is 0.0406 e. The van der Waals surface area contributed by atoms with E-state index in [-0.39, 0.29) is 5.54 Å². The van der Waals surface area contributed by atoms with Crippen LogP contribution in [0.15, 0.2) is 24.3 Å². The Kier molecular flexibility index (Phi) is 4.06. The minimum absolute atomic E-state index is 0.237. The van der Waals surface area contributed by atoms with Crippen LogP contribution in [0.4, 0.5) is 0 Å². The molecule has 0 amide bonds. The van der Waals surface area contributed by atoms with Crippen molar-refractivity contribution in [1.82, 2.24) is 10.2 Å². The number of benzene rings is 1. The van der Waals surface area contributed by atoms with Crippen molar-refractivity contribution in [2.24, 2.45) is 5.92 Å². The summed E-state index contributed by atoms with van der Waals surface area (Å²) in [6.45, 7) is 10.3. The molecule has 1 saturated carbocycles. The van der Waals surface area contributed by atoms with Gasteiger partial charge in [0, 0.05) is 35.7 Å². The van der Waals surface area contributed by atoms with Gasteiger partial charge < -0.3 is 5.32 Å². The fourth-order valence-corrected chi connectivity index (χ4v) is 3.68. The predicted octanol–water partition coefficient (Wildman–Crippen LogP) is 4.08. The van der Waals surface area contributed by atoms with Crippen LogP contribution in [0.3, 0.4) is 0 Å². The van der Waals surface area contributed by atoms with E-state index < -0.39 is 0 Å². The second-order valence-corrected chi connectivity index (χ2v) is 7.82. The third kappa shape index (κ3) is 3.13. The first-order valence-electron chi connectivity index (χ1n) is 8.20. The van der Waals surface area contributed by atoms with Crippen molar-refractivity contribution in [3.63, 3.8) is 0 Å². The first kappa shape index (κ1) is 15.3. The maximum Gasteiger partial charge on any atom is 0.0406 e. The summed E-state index contributed by atoms with van der Waals surface area (Å²) in [6.07, 6.45) is 3.95. The number of piperazine rings is 1. The fourth-order valence-electron chi connectivity index (χ4n) is 3.55. The van der Waals surface area contributed by atoms with Gasteiger partial charge in [0.25, 0.3) is 0 Å². The maximum absolute atomic E-state index is 6.02. The van der Waals surface area contributed by atoms with E-state index in [0.717, 1.165) is 30.6 Å². The summed E-state index contributed by atoms with van der Waals surface area (Å²) in [5.74, 6) is 0.860. The second kappa shape index (κ2) is 5.57. The molecule has 0 aromatic heterocycles. The minimum Gasteiger partial charge on any atom is -0.308 e. The van der Waals surface area contributed by atoms with Crippen LogP contribution < -0.4 is 5.32 Å². The topological polar surface area (TPSA) is 15.3 Å². The Morgan fingerprint density at radius 2 is 1.90 bits per heavy atom. The second-order valence-electron chi connectivity index (χ2n) is 7.38. The molecule has 116 valence electrons. The van der Waals surface area contributed by atoms with Gasteiger partial charge in [-0.2, -0.15) is 0 Å². The lowest BCUT2D eigenvalue weighted by molar-refractivity contribution is -0.00134. The van der Waals surface area contributed by atoms with Crippen molar-refractivity contribution < 1.29 is 0 Å². The summed E-state index contributed by atoms with van der Waals surface area (Å²) in [5.41, 5.74) is 1.90. The third-order valence-electron chi connectivity index (χ3n) is 5.66. The van der Waals surface area contributed by atoms with E-state index in [0.29, 0.717) is 5.54 Å². The highest BCUT2D eigenvalue weighted by Crippen LogP contribution is 2.45. The molecular weight excluding hydrogens is 280 g/mol. The quantitative estimate of drug-likeness (QED) is 0.901. The SMILES string of the molecule is CCC1(C)CN(Cc2ccc(Cl)cc2)C(C)(C2CC2)CN1. The van der Waals surface area contributed by atoms with Crippen LogP contribution >= 0.6 is 11.6 Å². The molecule has 2 unspecified atom stereocenters. The Morgan fingerprint density at radius 1 is 1.24 bits per heavy atom. The molecule has 2 fully saturated rings. The first-order valence-corrected chi connectivity index (χ1v) is 8.57. The maximum atomic E-state index is 6.02. The van der Waals surface area contributed by atoms with Gasteiger partial charge in [-0.3, -0.25) is 4.90 Å². The zero-order chi connectivity index (χ0) is 15.1. The number of nitrogens with zero attached hydrogens (tertiary/aromatic N) is 1. The number of nitrogens with one attached hydrogen (secondary N) is 1. The summed E-state index contributed by atoms with van der Waals surface area (Å²) in [6, 6.07) is 8.35. The van der Waals surface area contributed by atoms with Gasteiger partial charge in [-0.05, 0) is 56.7 Å². The molecule has 2 nitrogen and oxygen atoms in total. The molecule has 1 saturated heterocycles. The normalized spacial score (nSPS) is 34.1. The van der Waals surface area contributed by atoms with Crippen molar-refractivity contribution in [3.8, 4) is 0 Å². The highest BCUT2D eigenvalue weighted by atomic mass is 35.5. The molecule has 1 heterocycles. The zero-order valence-electron chi connectivity index (χ0n) is 13.5. The van der Waals surface area contributed by atoms with Gasteiger partial charge >= 0.3 is 0 Å². The van der Waals surface area contributed by atoms with Crippen molar-refractivity contribution in [2.45, 2.75) is 57.7 Å². The first-order chi connectivity index (χ1) is 9.95. The lowest BCUT2D eigenvalue weighted by atomic mass is 9.84. The van der Waals surface area contributed by atoms with Crippen molar-refractivity contribution in [2.75, 3.05) is 13.1 Å².